The Labute approximate surface area is 93.8 Å². The average Bonchev–Trinajstić information content (AvgIpc) is 2.73. The number of aliphatic carboxylic acids is 1. The maximum atomic E-state index is 11.7. The van der Waals surface area contributed by atoms with E-state index in [1.165, 1.54) is 4.90 Å². The Morgan fingerprint density at radius 1 is 1.50 bits per heavy atom. The third-order valence-corrected chi connectivity index (χ3v) is 3.10. The van der Waals surface area contributed by atoms with Crippen LogP contribution in [-0.4, -0.2) is 72.2 Å². The van der Waals surface area contributed by atoms with Gasteiger partial charge in [-0.2, -0.15) is 0 Å². The lowest BCUT2D eigenvalue weighted by atomic mass is 10.2. The third kappa shape index (κ3) is 2.51. The Bertz CT molecular complexity index is 289. The van der Waals surface area contributed by atoms with Gasteiger partial charge in [-0.1, -0.05) is 0 Å². The molecule has 1 amide bonds. The summed E-state index contributed by atoms with van der Waals surface area (Å²) in [7, 11) is 0. The van der Waals surface area contributed by atoms with Crippen molar-refractivity contribution in [3.05, 3.63) is 0 Å². The van der Waals surface area contributed by atoms with E-state index >= 15 is 0 Å². The first-order chi connectivity index (χ1) is 7.66. The zero-order chi connectivity index (χ0) is 11.5. The number of carbonyl (C=O) groups excluding carboxylic acids is 1. The van der Waals surface area contributed by atoms with Gasteiger partial charge in [0.1, 0.15) is 6.54 Å². The molecule has 6 nitrogen and oxygen atoms in total. The fourth-order valence-electron chi connectivity index (χ4n) is 2.18. The van der Waals surface area contributed by atoms with Gasteiger partial charge >= 0.3 is 5.97 Å². The number of carboxylic acids is 1. The smallest absolute Gasteiger partial charge is 0.323 e. The van der Waals surface area contributed by atoms with Crippen molar-refractivity contribution in [1.29, 1.82) is 0 Å². The van der Waals surface area contributed by atoms with Crippen LogP contribution < -0.4 is 0 Å². The second-order valence-corrected chi connectivity index (χ2v) is 4.20. The van der Waals surface area contributed by atoms with Gasteiger partial charge in [-0.3, -0.25) is 14.5 Å². The molecular formula is C10H16N2O4. The van der Waals surface area contributed by atoms with Crippen LogP contribution in [0.5, 0.6) is 0 Å². The number of ether oxygens (including phenoxy) is 1. The summed E-state index contributed by atoms with van der Waals surface area (Å²) in [4.78, 5) is 25.7. The molecule has 0 unspecified atom stereocenters. The summed E-state index contributed by atoms with van der Waals surface area (Å²) >= 11 is 0. The van der Waals surface area contributed by atoms with Gasteiger partial charge in [0.15, 0.2) is 0 Å². The molecule has 2 saturated heterocycles. The third-order valence-electron chi connectivity index (χ3n) is 3.10. The van der Waals surface area contributed by atoms with Gasteiger partial charge in [-0.15, -0.1) is 0 Å². The molecule has 2 heterocycles. The lowest BCUT2D eigenvalue weighted by Crippen LogP contribution is -2.54. The van der Waals surface area contributed by atoms with Gasteiger partial charge < -0.3 is 14.7 Å². The second-order valence-electron chi connectivity index (χ2n) is 4.20. The molecule has 0 aromatic rings. The van der Waals surface area contributed by atoms with Gasteiger partial charge in [0, 0.05) is 25.7 Å². The predicted octanol–water partition coefficient (Wildman–Crippen LogP) is -0.996. The Morgan fingerprint density at radius 3 is 2.88 bits per heavy atom. The highest BCUT2D eigenvalue weighted by Gasteiger charge is 2.31. The van der Waals surface area contributed by atoms with E-state index in [2.05, 4.69) is 4.90 Å². The molecule has 0 bridgehead atoms. The molecule has 90 valence electrons. The summed E-state index contributed by atoms with van der Waals surface area (Å²) < 4.78 is 5.28. The van der Waals surface area contributed by atoms with Crippen molar-refractivity contribution in [3.63, 3.8) is 0 Å². The van der Waals surface area contributed by atoms with Crippen LogP contribution in [0.1, 0.15) is 6.42 Å². The summed E-state index contributed by atoms with van der Waals surface area (Å²) in [6.45, 7) is 2.82. The monoisotopic (exact) mass is 228 g/mol. The number of carboxylic acid groups (broad SMARTS) is 1. The number of piperazine rings is 1. The predicted molar refractivity (Wildman–Crippen MR) is 55.0 cm³/mol. The minimum absolute atomic E-state index is 0.0967. The van der Waals surface area contributed by atoms with E-state index in [1.54, 1.807) is 0 Å². The lowest BCUT2D eigenvalue weighted by molar-refractivity contribution is -0.147. The zero-order valence-electron chi connectivity index (χ0n) is 9.09. The number of hydrogen-bond donors (Lipinski definition) is 1. The highest BCUT2D eigenvalue weighted by molar-refractivity contribution is 5.83. The molecule has 2 aliphatic rings. The Kier molecular flexibility index (Phi) is 3.40. The standard InChI is InChI=1S/C10H16N2O4/c13-9-5-11(8-1-4-16-7-8)2-3-12(9)6-10(14)15/h8H,1-7H2,(H,14,15)/t8-/m1/s1. The molecule has 0 saturated carbocycles. The first kappa shape index (κ1) is 11.3. The number of amides is 1. The molecule has 2 rings (SSSR count). The number of rotatable bonds is 3. The normalized spacial score (nSPS) is 27.4. The largest absolute Gasteiger partial charge is 0.480 e. The molecule has 1 N–H and O–H groups in total. The summed E-state index contributed by atoms with van der Waals surface area (Å²) in [5.41, 5.74) is 0. The van der Waals surface area contributed by atoms with E-state index in [9.17, 15) is 9.59 Å². The fourth-order valence-corrected chi connectivity index (χ4v) is 2.18. The van der Waals surface area contributed by atoms with Crippen molar-refractivity contribution < 1.29 is 19.4 Å². The van der Waals surface area contributed by atoms with Crippen LogP contribution >= 0.6 is 0 Å². The fraction of sp³-hybridized carbons (Fsp3) is 0.800. The van der Waals surface area contributed by atoms with Crippen molar-refractivity contribution in [1.82, 2.24) is 9.80 Å². The van der Waals surface area contributed by atoms with E-state index < -0.39 is 5.97 Å². The molecule has 0 aromatic heterocycles. The van der Waals surface area contributed by atoms with E-state index in [1.807, 2.05) is 0 Å². The zero-order valence-corrected chi connectivity index (χ0v) is 9.09. The quantitative estimate of drug-likeness (QED) is 0.671. The van der Waals surface area contributed by atoms with Crippen LogP contribution in [-0.2, 0) is 14.3 Å². The van der Waals surface area contributed by atoms with Gasteiger partial charge in [-0.25, -0.2) is 0 Å². The van der Waals surface area contributed by atoms with E-state index in [0.29, 0.717) is 25.7 Å². The Hall–Kier alpha value is -1.14. The summed E-state index contributed by atoms with van der Waals surface area (Å²) in [6.07, 6.45) is 0.964. The average molecular weight is 228 g/mol. The first-order valence-electron chi connectivity index (χ1n) is 5.48. The van der Waals surface area contributed by atoms with Crippen LogP contribution in [0.4, 0.5) is 0 Å². The van der Waals surface area contributed by atoms with Gasteiger partial charge in [-0.05, 0) is 6.42 Å². The van der Waals surface area contributed by atoms with Crippen molar-refractivity contribution in [2.45, 2.75) is 12.5 Å². The summed E-state index contributed by atoms with van der Waals surface area (Å²) in [6, 6.07) is 0.330. The molecule has 0 aliphatic carbocycles. The number of carbonyl (C=O) groups is 2. The van der Waals surface area contributed by atoms with Crippen molar-refractivity contribution in [2.24, 2.45) is 0 Å². The van der Waals surface area contributed by atoms with Crippen molar-refractivity contribution >= 4 is 11.9 Å². The SMILES string of the molecule is O=C(O)CN1CCN([C@@H]2CCOC2)CC1=O. The highest BCUT2D eigenvalue weighted by atomic mass is 16.5. The molecule has 2 fully saturated rings. The number of hydrogen-bond acceptors (Lipinski definition) is 4. The van der Waals surface area contributed by atoms with E-state index in [4.69, 9.17) is 9.84 Å². The van der Waals surface area contributed by atoms with Crippen molar-refractivity contribution in [2.75, 3.05) is 39.4 Å². The second kappa shape index (κ2) is 4.80. The molecule has 2 aliphatic heterocycles. The Balaban J connectivity index is 1.86. The van der Waals surface area contributed by atoms with E-state index in [0.717, 1.165) is 19.6 Å². The first-order valence-corrected chi connectivity index (χ1v) is 5.48. The molecule has 0 radical (unpaired) electrons. The number of nitrogens with zero attached hydrogens (tertiary/aromatic N) is 2. The maximum Gasteiger partial charge on any atom is 0.323 e. The molecule has 0 spiro atoms. The highest BCUT2D eigenvalue weighted by Crippen LogP contribution is 2.15. The van der Waals surface area contributed by atoms with Gasteiger partial charge in [0.25, 0.3) is 0 Å². The van der Waals surface area contributed by atoms with Crippen LogP contribution in [0.3, 0.4) is 0 Å². The molecular weight excluding hydrogens is 212 g/mol. The summed E-state index contributed by atoms with van der Waals surface area (Å²) in [5.74, 6) is -1.05. The minimum atomic E-state index is -0.953. The Morgan fingerprint density at radius 2 is 2.31 bits per heavy atom. The van der Waals surface area contributed by atoms with Crippen LogP contribution in [0.15, 0.2) is 0 Å². The van der Waals surface area contributed by atoms with Gasteiger partial charge in [0.05, 0.1) is 13.2 Å². The molecule has 6 heteroatoms. The van der Waals surface area contributed by atoms with E-state index in [-0.39, 0.29) is 12.5 Å². The maximum absolute atomic E-state index is 11.7. The van der Waals surface area contributed by atoms with Crippen LogP contribution in [0.2, 0.25) is 0 Å². The van der Waals surface area contributed by atoms with Gasteiger partial charge in [0.2, 0.25) is 5.91 Å². The van der Waals surface area contributed by atoms with Crippen LogP contribution in [0, 0.1) is 0 Å². The molecule has 1 atom stereocenters. The molecule has 16 heavy (non-hydrogen) atoms. The van der Waals surface area contributed by atoms with Crippen molar-refractivity contribution in [3.8, 4) is 0 Å². The minimum Gasteiger partial charge on any atom is -0.480 e. The van der Waals surface area contributed by atoms with Crippen LogP contribution in [0.25, 0.3) is 0 Å². The lowest BCUT2D eigenvalue weighted by Gasteiger charge is -2.36. The molecule has 0 aromatic carbocycles. The summed E-state index contributed by atoms with van der Waals surface area (Å²) in [5, 5.41) is 8.63. The topological polar surface area (TPSA) is 70.1 Å².